The van der Waals surface area contributed by atoms with Crippen LogP contribution in [0.15, 0.2) is 82.1 Å². The summed E-state index contributed by atoms with van der Waals surface area (Å²) in [6.45, 7) is -0.777. The third-order valence-corrected chi connectivity index (χ3v) is 14.3. The quantitative estimate of drug-likeness (QED) is 0.100. The van der Waals surface area contributed by atoms with Crippen molar-refractivity contribution in [2.45, 2.75) is 27.4 Å². The number of fused-ring (bicyclic) bond motifs is 8. The fourth-order valence-electron chi connectivity index (χ4n) is 9.26. The number of rotatable bonds is 7. The molecule has 0 saturated carbocycles. The van der Waals surface area contributed by atoms with E-state index in [0.29, 0.717) is 27.7 Å². The Labute approximate surface area is 330 Å². The number of aliphatic hydroxyl groups excluding tert-OH is 2. The van der Waals surface area contributed by atoms with E-state index in [0.717, 1.165) is 29.6 Å². The number of hydrogen-bond donors (Lipinski definition) is 6. The van der Waals surface area contributed by atoms with Crippen molar-refractivity contribution in [2.24, 2.45) is 0 Å². The lowest BCUT2D eigenvalue weighted by atomic mass is 9.70. The van der Waals surface area contributed by atoms with E-state index in [2.05, 4.69) is 9.97 Å². The van der Waals surface area contributed by atoms with Crippen molar-refractivity contribution < 1.29 is 44.0 Å². The van der Waals surface area contributed by atoms with Gasteiger partial charge in [-0.3, -0.25) is 19.3 Å². The number of aromatic amines is 1. The van der Waals surface area contributed by atoms with Crippen LogP contribution in [0.2, 0.25) is 0 Å². The molecule has 9 rings (SSSR count). The van der Waals surface area contributed by atoms with Gasteiger partial charge in [0.05, 0.1) is 23.4 Å². The van der Waals surface area contributed by atoms with Crippen LogP contribution < -0.4 is 16.1 Å². The molecule has 4 aromatic rings. The number of para-hydroxylation sites is 2. The number of amides is 2. The fourth-order valence-corrected chi connectivity index (χ4v) is 11.1. The highest BCUT2D eigenvalue weighted by atomic mass is 32.2. The standard InChI is InChI=1S/C39H32N6O10S2/c1-43-36(54)39(57-3)33(52)38(19-15-41-20-10-6-4-8-17(19)20)18-9-5-7-11-21(18)44(34(38)45(39)35(53)37(43,16-46)56-2)22-12-13-24-29(26(22)31(48)49)42-30-25(55-24)14-23(47)28(40)27(30)32(50)51/h4-15,33-34,41,46,52H,16,40H2,1-3H3,(H,48,49)(H,50,51). The Morgan fingerprint density at radius 3 is 2.32 bits per heavy atom. The number of benzene rings is 4. The number of carbonyl (C=O) groups excluding carboxylic acids is 2. The number of nitrogens with two attached hydrogens (primary N) is 1. The van der Waals surface area contributed by atoms with Gasteiger partial charge in [0.2, 0.25) is 5.43 Å². The second-order valence-corrected chi connectivity index (χ2v) is 16.1. The van der Waals surface area contributed by atoms with E-state index in [1.807, 2.05) is 24.3 Å². The molecule has 5 aliphatic rings. The molecule has 2 saturated heterocycles. The molecule has 5 heterocycles. The zero-order chi connectivity index (χ0) is 40.5. The van der Waals surface area contributed by atoms with Crippen LogP contribution >= 0.6 is 23.5 Å². The number of aromatic carboxylic acids is 2. The van der Waals surface area contributed by atoms with Gasteiger partial charge in [-0.25, -0.2) is 14.6 Å². The third-order valence-electron chi connectivity index (χ3n) is 11.8. The van der Waals surface area contributed by atoms with E-state index in [4.69, 9.17) is 10.2 Å². The zero-order valence-electron chi connectivity index (χ0n) is 30.2. The molecule has 1 aliphatic carbocycles. The molecule has 57 heavy (non-hydrogen) atoms. The monoisotopic (exact) mass is 808 g/mol. The summed E-state index contributed by atoms with van der Waals surface area (Å²) in [5.41, 5.74) is 2.85. The average molecular weight is 809 g/mol. The van der Waals surface area contributed by atoms with Gasteiger partial charge in [0.1, 0.15) is 34.6 Å². The van der Waals surface area contributed by atoms with Crippen LogP contribution in [-0.4, -0.2) is 112 Å². The largest absolute Gasteiger partial charge is 0.478 e. The first-order valence-electron chi connectivity index (χ1n) is 17.4. The van der Waals surface area contributed by atoms with Gasteiger partial charge in [0.25, 0.3) is 11.8 Å². The Bertz CT molecular complexity index is 2800. The predicted molar refractivity (Wildman–Crippen MR) is 212 cm³/mol. The summed E-state index contributed by atoms with van der Waals surface area (Å²) in [6, 6.07) is 18.1. The summed E-state index contributed by atoms with van der Waals surface area (Å²) in [5.74, 6) is -4.71. The van der Waals surface area contributed by atoms with Crippen LogP contribution in [0.25, 0.3) is 33.5 Å². The summed E-state index contributed by atoms with van der Waals surface area (Å²) in [4.78, 5) is 77.0. The number of nitrogen functional groups attached to an aromatic ring is 1. The predicted octanol–water partition coefficient (Wildman–Crippen LogP) is 3.30. The lowest BCUT2D eigenvalue weighted by Gasteiger charge is -2.54. The first kappa shape index (κ1) is 36.6. The number of anilines is 3. The summed E-state index contributed by atoms with van der Waals surface area (Å²) < 4.78 is 5.94. The molecule has 1 aromatic heterocycles. The number of piperazine rings is 1. The van der Waals surface area contributed by atoms with Crippen LogP contribution in [0.5, 0.6) is 0 Å². The number of aromatic nitrogens is 2. The van der Waals surface area contributed by atoms with Crippen molar-refractivity contribution in [1.29, 1.82) is 0 Å². The molecule has 16 nitrogen and oxygen atoms in total. The van der Waals surface area contributed by atoms with Crippen LogP contribution in [-0.2, 0) is 15.0 Å². The van der Waals surface area contributed by atoms with Crippen LogP contribution in [0.1, 0.15) is 31.8 Å². The Morgan fingerprint density at radius 2 is 1.63 bits per heavy atom. The topological polar surface area (TPSA) is 244 Å². The molecule has 7 N–H and O–H groups in total. The molecule has 0 radical (unpaired) electrons. The number of hydrogen-bond acceptors (Lipinski definition) is 13. The summed E-state index contributed by atoms with van der Waals surface area (Å²) >= 11 is 1.91. The molecular weight excluding hydrogens is 777 g/mol. The Balaban J connectivity index is 1.44. The maximum absolute atomic E-state index is 15.4. The summed E-state index contributed by atoms with van der Waals surface area (Å²) in [7, 11) is 1.41. The minimum absolute atomic E-state index is 0.0523. The molecule has 2 fully saturated rings. The molecule has 18 heteroatoms. The van der Waals surface area contributed by atoms with E-state index in [1.54, 1.807) is 47.9 Å². The minimum Gasteiger partial charge on any atom is -0.478 e. The van der Waals surface area contributed by atoms with Gasteiger partial charge >= 0.3 is 11.9 Å². The lowest BCUT2D eigenvalue weighted by molar-refractivity contribution is -0.169. The highest BCUT2D eigenvalue weighted by Gasteiger charge is 2.80. The van der Waals surface area contributed by atoms with Crippen molar-refractivity contribution >= 4 is 86.3 Å². The number of H-pyrrole nitrogens is 1. The van der Waals surface area contributed by atoms with E-state index in [-0.39, 0.29) is 28.2 Å². The summed E-state index contributed by atoms with van der Waals surface area (Å²) in [6.07, 6.45) is 1.86. The van der Waals surface area contributed by atoms with Crippen LogP contribution in [0, 0.1) is 0 Å². The van der Waals surface area contributed by atoms with Crippen molar-refractivity contribution in [2.75, 3.05) is 36.8 Å². The highest BCUT2D eigenvalue weighted by Crippen LogP contribution is 2.67. The number of likely N-dealkylation sites (N-methyl/N-ethyl adjacent to an activating group) is 1. The molecule has 0 spiro atoms. The smallest absolute Gasteiger partial charge is 0.340 e. The van der Waals surface area contributed by atoms with E-state index in [9.17, 15) is 34.8 Å². The molecular formula is C39H32N6O10S2. The first-order chi connectivity index (χ1) is 27.3. The Morgan fingerprint density at radius 1 is 0.930 bits per heavy atom. The third kappa shape index (κ3) is 4.21. The van der Waals surface area contributed by atoms with Crippen LogP contribution in [0.3, 0.4) is 0 Å². The minimum atomic E-state index is -2.01. The molecule has 290 valence electrons. The van der Waals surface area contributed by atoms with E-state index < -0.39 is 80.0 Å². The molecule has 5 unspecified atom stereocenters. The van der Waals surface area contributed by atoms with Gasteiger partial charge in [0.15, 0.2) is 21.1 Å². The zero-order valence-corrected chi connectivity index (χ0v) is 31.8. The molecule has 2 amide bonds. The SMILES string of the molecule is CSC1(CO)C(=O)N2C3N(c4ccc5oc6cc(=O)c(N)c(C(=O)O)c-6nc5c4C(=O)O)c4ccccc4C3(c3c[nH]c4ccccc34)C(O)C2(SC)C(=O)N1C. The molecule has 0 bridgehead atoms. The number of carbonyl (C=O) groups is 4. The van der Waals surface area contributed by atoms with Gasteiger partial charge in [0, 0.05) is 35.9 Å². The highest BCUT2D eigenvalue weighted by molar-refractivity contribution is 8.01. The van der Waals surface area contributed by atoms with Crippen molar-refractivity contribution in [3.05, 3.63) is 105 Å². The second-order valence-electron chi connectivity index (χ2n) is 14.0. The van der Waals surface area contributed by atoms with Crippen LogP contribution in [0.4, 0.5) is 17.1 Å². The maximum Gasteiger partial charge on any atom is 0.340 e. The van der Waals surface area contributed by atoms with Gasteiger partial charge in [-0.05, 0) is 47.9 Å². The molecule has 3 aromatic carbocycles. The maximum atomic E-state index is 15.4. The fraction of sp³-hybridized carbons (Fsp3) is 0.231. The van der Waals surface area contributed by atoms with Crippen molar-refractivity contribution in [3.63, 3.8) is 0 Å². The van der Waals surface area contributed by atoms with Gasteiger partial charge in [-0.2, -0.15) is 0 Å². The number of carboxylic acid groups (broad SMARTS) is 2. The van der Waals surface area contributed by atoms with Crippen molar-refractivity contribution in [3.8, 4) is 11.5 Å². The van der Waals surface area contributed by atoms with Gasteiger partial charge in [-0.1, -0.05) is 36.4 Å². The van der Waals surface area contributed by atoms with Crippen molar-refractivity contribution in [1.82, 2.24) is 19.8 Å². The average Bonchev–Trinajstić information content (AvgIpc) is 3.83. The molecule has 5 atom stereocenters. The Hall–Kier alpha value is -6.08. The first-order valence-corrected chi connectivity index (χ1v) is 19.9. The number of nitrogens with zero attached hydrogens (tertiary/aromatic N) is 4. The molecule has 4 aliphatic heterocycles. The van der Waals surface area contributed by atoms with Gasteiger partial charge < -0.3 is 45.4 Å². The number of aliphatic hydroxyl groups is 2. The number of carboxylic acids is 2. The Kier molecular flexibility index (Phi) is 7.83. The number of thioether (sulfide) groups is 2. The normalized spacial score (nSPS) is 25.4. The number of nitrogens with one attached hydrogen (secondary N) is 1. The second kappa shape index (κ2) is 12.2. The van der Waals surface area contributed by atoms with E-state index in [1.165, 1.54) is 29.0 Å². The lowest BCUT2D eigenvalue weighted by Crippen LogP contribution is -2.76. The van der Waals surface area contributed by atoms with E-state index >= 15 is 9.59 Å². The summed E-state index contributed by atoms with van der Waals surface area (Å²) in [5, 5.41) is 46.0. The van der Waals surface area contributed by atoms with Gasteiger partial charge in [-0.15, -0.1) is 23.5 Å².